The molecule has 0 unspecified atom stereocenters. The van der Waals surface area contributed by atoms with Gasteiger partial charge in [-0.2, -0.15) is 0 Å². The van der Waals surface area contributed by atoms with Gasteiger partial charge in [0.2, 0.25) is 0 Å². The third kappa shape index (κ3) is 2.75. The SMILES string of the molecule is COc1ccc2c(c1)-c1nnc(COc3cccnc3)n1Cc1c(Br)ncn1-2. The molecule has 5 rings (SSSR count). The molecular weight excluding hydrogens is 424 g/mol. The third-order valence-corrected chi connectivity index (χ3v) is 5.32. The number of rotatable bonds is 4. The number of hydrogen-bond donors (Lipinski definition) is 0. The van der Waals surface area contributed by atoms with E-state index in [1.54, 1.807) is 25.8 Å². The second-order valence-corrected chi connectivity index (χ2v) is 6.99. The predicted molar refractivity (Wildman–Crippen MR) is 105 cm³/mol. The number of ether oxygens (including phenoxy) is 2. The van der Waals surface area contributed by atoms with Gasteiger partial charge in [0, 0.05) is 11.8 Å². The zero-order valence-corrected chi connectivity index (χ0v) is 16.5. The Morgan fingerprint density at radius 2 is 2.11 bits per heavy atom. The Balaban J connectivity index is 1.61. The number of aromatic nitrogens is 6. The van der Waals surface area contributed by atoms with Gasteiger partial charge < -0.3 is 14.0 Å². The van der Waals surface area contributed by atoms with E-state index in [0.717, 1.165) is 33.1 Å². The quantitative estimate of drug-likeness (QED) is 0.428. The standard InChI is InChI=1S/C19H15BrN6O2/c1-27-12-4-5-15-14(7-12)19-24-23-17(10-28-13-3-2-6-21-8-13)25(19)9-16-18(20)22-11-26(15)16/h2-8,11H,9-10H2,1H3. The van der Waals surface area contributed by atoms with E-state index in [1.807, 2.05) is 34.9 Å². The van der Waals surface area contributed by atoms with Crippen LogP contribution in [0.3, 0.4) is 0 Å². The molecule has 0 bridgehead atoms. The van der Waals surface area contributed by atoms with Crippen molar-refractivity contribution >= 4 is 15.9 Å². The van der Waals surface area contributed by atoms with Crippen LogP contribution in [0, 0.1) is 0 Å². The van der Waals surface area contributed by atoms with E-state index in [-0.39, 0.29) is 6.61 Å². The second-order valence-electron chi connectivity index (χ2n) is 6.24. The minimum Gasteiger partial charge on any atom is -0.497 e. The van der Waals surface area contributed by atoms with Gasteiger partial charge in [0.15, 0.2) is 11.6 Å². The van der Waals surface area contributed by atoms with Gasteiger partial charge in [-0.1, -0.05) is 0 Å². The van der Waals surface area contributed by atoms with Crippen molar-refractivity contribution in [2.75, 3.05) is 7.11 Å². The summed E-state index contributed by atoms with van der Waals surface area (Å²) in [6.07, 6.45) is 5.18. The zero-order chi connectivity index (χ0) is 19.1. The van der Waals surface area contributed by atoms with Gasteiger partial charge in [-0.3, -0.25) is 9.55 Å². The van der Waals surface area contributed by atoms with E-state index in [4.69, 9.17) is 9.47 Å². The first-order chi connectivity index (χ1) is 13.7. The molecule has 1 aliphatic rings. The lowest BCUT2D eigenvalue weighted by Gasteiger charge is -2.09. The topological polar surface area (TPSA) is 79.9 Å². The fourth-order valence-electron chi connectivity index (χ4n) is 3.27. The highest BCUT2D eigenvalue weighted by atomic mass is 79.9. The monoisotopic (exact) mass is 438 g/mol. The number of nitrogens with zero attached hydrogens (tertiary/aromatic N) is 6. The molecule has 0 saturated carbocycles. The molecule has 9 heteroatoms. The highest BCUT2D eigenvalue weighted by Gasteiger charge is 2.26. The number of hydrogen-bond acceptors (Lipinski definition) is 6. The van der Waals surface area contributed by atoms with Crippen LogP contribution in [0.1, 0.15) is 11.5 Å². The number of imidazole rings is 1. The van der Waals surface area contributed by atoms with Crippen LogP contribution in [0.25, 0.3) is 17.1 Å². The lowest BCUT2D eigenvalue weighted by Crippen LogP contribution is -2.10. The van der Waals surface area contributed by atoms with Gasteiger partial charge in [0.05, 0.1) is 31.2 Å². The van der Waals surface area contributed by atoms with Gasteiger partial charge in [-0.25, -0.2) is 4.98 Å². The maximum atomic E-state index is 5.85. The Morgan fingerprint density at radius 1 is 1.18 bits per heavy atom. The fraction of sp³-hybridized carbons (Fsp3) is 0.158. The van der Waals surface area contributed by atoms with Crippen LogP contribution in [0.4, 0.5) is 0 Å². The molecular formula is C19H15BrN6O2. The lowest BCUT2D eigenvalue weighted by atomic mass is 10.1. The first-order valence-electron chi connectivity index (χ1n) is 8.60. The summed E-state index contributed by atoms with van der Waals surface area (Å²) in [6.45, 7) is 0.843. The van der Waals surface area contributed by atoms with Crippen LogP contribution >= 0.6 is 15.9 Å². The first kappa shape index (κ1) is 16.9. The summed E-state index contributed by atoms with van der Waals surface area (Å²) in [5.41, 5.74) is 2.90. The molecule has 4 heterocycles. The van der Waals surface area contributed by atoms with Gasteiger partial charge in [0.1, 0.15) is 29.0 Å². The molecule has 0 fully saturated rings. The van der Waals surface area contributed by atoms with Crippen LogP contribution in [0.15, 0.2) is 53.7 Å². The number of fused-ring (bicyclic) bond motifs is 5. The largest absolute Gasteiger partial charge is 0.497 e. The molecule has 8 nitrogen and oxygen atoms in total. The summed E-state index contributed by atoms with van der Waals surface area (Å²) in [6, 6.07) is 9.58. The second kappa shape index (κ2) is 6.75. The number of halogens is 1. The molecule has 140 valence electrons. The minimum atomic E-state index is 0.281. The third-order valence-electron chi connectivity index (χ3n) is 4.66. The summed E-state index contributed by atoms with van der Waals surface area (Å²) in [5, 5.41) is 8.83. The Morgan fingerprint density at radius 3 is 2.93 bits per heavy atom. The molecule has 3 aromatic heterocycles. The maximum Gasteiger partial charge on any atom is 0.171 e. The lowest BCUT2D eigenvalue weighted by molar-refractivity contribution is 0.289. The van der Waals surface area contributed by atoms with Gasteiger partial charge >= 0.3 is 0 Å². The van der Waals surface area contributed by atoms with Crippen molar-refractivity contribution in [1.82, 2.24) is 29.3 Å². The molecule has 0 amide bonds. The Labute approximate surface area is 168 Å². The van der Waals surface area contributed by atoms with Crippen LogP contribution in [-0.4, -0.2) is 36.4 Å². The van der Waals surface area contributed by atoms with Crippen molar-refractivity contribution in [2.24, 2.45) is 0 Å². The Kier molecular flexibility index (Phi) is 4.09. The molecule has 0 saturated heterocycles. The molecule has 0 atom stereocenters. The van der Waals surface area contributed by atoms with Crippen molar-refractivity contribution in [3.05, 3.63) is 65.2 Å². The molecule has 0 N–H and O–H groups in total. The van der Waals surface area contributed by atoms with E-state index in [9.17, 15) is 0 Å². The van der Waals surface area contributed by atoms with Gasteiger partial charge in [0.25, 0.3) is 0 Å². The zero-order valence-electron chi connectivity index (χ0n) is 14.9. The van der Waals surface area contributed by atoms with Crippen molar-refractivity contribution < 1.29 is 9.47 Å². The molecule has 28 heavy (non-hydrogen) atoms. The average molecular weight is 439 g/mol. The maximum absolute atomic E-state index is 5.85. The fourth-order valence-corrected chi connectivity index (χ4v) is 3.68. The van der Waals surface area contributed by atoms with Crippen molar-refractivity contribution in [3.63, 3.8) is 0 Å². The summed E-state index contributed by atoms with van der Waals surface area (Å²) >= 11 is 3.56. The van der Waals surface area contributed by atoms with Crippen LogP contribution < -0.4 is 9.47 Å². The van der Waals surface area contributed by atoms with Gasteiger partial charge in [-0.15, -0.1) is 10.2 Å². The molecule has 1 aromatic carbocycles. The minimum absolute atomic E-state index is 0.281. The Hall–Kier alpha value is -3.20. The van der Waals surface area contributed by atoms with Crippen LogP contribution in [0.2, 0.25) is 0 Å². The Bertz CT molecular complexity index is 1150. The molecule has 0 aliphatic carbocycles. The van der Waals surface area contributed by atoms with Crippen LogP contribution in [0.5, 0.6) is 11.5 Å². The molecule has 0 radical (unpaired) electrons. The number of benzene rings is 1. The van der Waals surface area contributed by atoms with Crippen molar-refractivity contribution in [1.29, 1.82) is 0 Å². The normalized spacial score (nSPS) is 11.9. The molecule has 0 spiro atoms. The summed E-state index contributed by atoms with van der Waals surface area (Å²) in [7, 11) is 1.65. The van der Waals surface area contributed by atoms with E-state index < -0.39 is 0 Å². The van der Waals surface area contributed by atoms with E-state index >= 15 is 0 Å². The average Bonchev–Trinajstić information content (AvgIpc) is 3.27. The highest BCUT2D eigenvalue weighted by Crippen LogP contribution is 2.35. The summed E-state index contributed by atoms with van der Waals surface area (Å²) < 4.78 is 16.1. The number of methoxy groups -OCH3 is 1. The van der Waals surface area contributed by atoms with E-state index in [0.29, 0.717) is 18.1 Å². The predicted octanol–water partition coefficient (Wildman–Crippen LogP) is 3.24. The van der Waals surface area contributed by atoms with Crippen molar-refractivity contribution in [3.8, 4) is 28.6 Å². The van der Waals surface area contributed by atoms with E-state index in [2.05, 4.69) is 40.7 Å². The molecule has 1 aliphatic heterocycles. The smallest absolute Gasteiger partial charge is 0.171 e. The van der Waals surface area contributed by atoms with E-state index in [1.165, 1.54) is 0 Å². The number of pyridine rings is 1. The van der Waals surface area contributed by atoms with Gasteiger partial charge in [-0.05, 0) is 46.3 Å². The highest BCUT2D eigenvalue weighted by molar-refractivity contribution is 9.10. The summed E-state index contributed by atoms with van der Waals surface area (Å²) in [5.74, 6) is 2.91. The summed E-state index contributed by atoms with van der Waals surface area (Å²) in [4.78, 5) is 8.49. The molecule has 4 aromatic rings. The first-order valence-corrected chi connectivity index (χ1v) is 9.39. The van der Waals surface area contributed by atoms with Crippen molar-refractivity contribution in [2.45, 2.75) is 13.2 Å². The van der Waals surface area contributed by atoms with Crippen LogP contribution in [-0.2, 0) is 13.2 Å².